The minimum Gasteiger partial charge on any atom is -0.337 e. The van der Waals surface area contributed by atoms with Crippen molar-refractivity contribution in [3.8, 4) is 0 Å². The van der Waals surface area contributed by atoms with E-state index in [2.05, 4.69) is 5.32 Å². The van der Waals surface area contributed by atoms with Gasteiger partial charge in [0.05, 0.1) is 11.6 Å². The summed E-state index contributed by atoms with van der Waals surface area (Å²) in [7, 11) is 0. The van der Waals surface area contributed by atoms with Gasteiger partial charge in [-0.1, -0.05) is 31.0 Å². The molecule has 0 aliphatic carbocycles. The summed E-state index contributed by atoms with van der Waals surface area (Å²) in [6.45, 7) is 4.47. The van der Waals surface area contributed by atoms with Crippen LogP contribution in [0.4, 0.5) is 10.5 Å². The Balaban J connectivity index is 2.26. The summed E-state index contributed by atoms with van der Waals surface area (Å²) in [6.07, 6.45) is 1.75. The molecule has 1 atom stereocenters. The van der Waals surface area contributed by atoms with Crippen LogP contribution in [0, 0.1) is 12.8 Å². The van der Waals surface area contributed by atoms with Gasteiger partial charge in [-0.25, -0.2) is 9.69 Å². The number of aryl methyl sites for hydroxylation is 1. The summed E-state index contributed by atoms with van der Waals surface area (Å²) in [5.41, 5.74) is 1.75. The van der Waals surface area contributed by atoms with E-state index >= 15 is 0 Å². The number of carbonyl (C=O) groups is 2. The predicted molar refractivity (Wildman–Crippen MR) is 70.5 cm³/mol. The first-order valence-corrected chi connectivity index (χ1v) is 6.32. The number of urea groups is 1. The normalized spacial score (nSPS) is 19.9. The van der Waals surface area contributed by atoms with Crippen LogP contribution < -0.4 is 10.2 Å². The summed E-state index contributed by atoms with van der Waals surface area (Å²) in [6, 6.07) is 7.09. The molecular weight excluding hydrogens is 228 g/mol. The number of hydrogen-bond donors (Lipinski definition) is 1. The summed E-state index contributed by atoms with van der Waals surface area (Å²) >= 11 is 0. The molecule has 1 N–H and O–H groups in total. The molecule has 2 rings (SSSR count). The van der Waals surface area contributed by atoms with Gasteiger partial charge in [0.25, 0.3) is 0 Å². The van der Waals surface area contributed by atoms with E-state index in [9.17, 15) is 9.59 Å². The lowest BCUT2D eigenvalue weighted by molar-refractivity contribution is -0.122. The van der Waals surface area contributed by atoms with Crippen LogP contribution in [-0.4, -0.2) is 18.5 Å². The fourth-order valence-electron chi connectivity index (χ4n) is 2.17. The van der Waals surface area contributed by atoms with Gasteiger partial charge in [-0.3, -0.25) is 4.79 Å². The van der Waals surface area contributed by atoms with Crippen molar-refractivity contribution in [3.63, 3.8) is 0 Å². The van der Waals surface area contributed by atoms with Crippen LogP contribution in [-0.2, 0) is 4.79 Å². The third-order valence-corrected chi connectivity index (χ3v) is 3.20. The zero-order chi connectivity index (χ0) is 13.1. The van der Waals surface area contributed by atoms with E-state index in [1.807, 2.05) is 26.0 Å². The van der Waals surface area contributed by atoms with E-state index in [-0.39, 0.29) is 17.9 Å². The van der Waals surface area contributed by atoms with Crippen molar-refractivity contribution < 1.29 is 9.59 Å². The average Bonchev–Trinajstić information content (AvgIpc) is 2.35. The van der Waals surface area contributed by atoms with Crippen molar-refractivity contribution in [2.45, 2.75) is 26.7 Å². The molecule has 3 amide bonds. The Kier molecular flexibility index (Phi) is 3.65. The van der Waals surface area contributed by atoms with Crippen LogP contribution in [0.3, 0.4) is 0 Å². The SMILES string of the molecule is CCCC1CNC(=O)N(c2ccc(C)cc2)C1=O. The second-order valence-electron chi connectivity index (χ2n) is 4.68. The number of benzene rings is 1. The van der Waals surface area contributed by atoms with Gasteiger partial charge in [0.15, 0.2) is 0 Å². The van der Waals surface area contributed by atoms with Crippen molar-refractivity contribution >= 4 is 17.6 Å². The van der Waals surface area contributed by atoms with E-state index in [0.29, 0.717) is 12.2 Å². The maximum atomic E-state index is 12.3. The Morgan fingerprint density at radius 3 is 2.56 bits per heavy atom. The smallest absolute Gasteiger partial charge is 0.328 e. The molecule has 1 aromatic rings. The van der Waals surface area contributed by atoms with Crippen molar-refractivity contribution in [2.75, 3.05) is 11.4 Å². The van der Waals surface area contributed by atoms with Crippen molar-refractivity contribution in [2.24, 2.45) is 5.92 Å². The van der Waals surface area contributed by atoms with Crippen molar-refractivity contribution in [1.82, 2.24) is 5.32 Å². The van der Waals surface area contributed by atoms with Crippen LogP contribution in [0.25, 0.3) is 0 Å². The molecule has 1 fully saturated rings. The van der Waals surface area contributed by atoms with Gasteiger partial charge >= 0.3 is 6.03 Å². The second-order valence-corrected chi connectivity index (χ2v) is 4.68. The van der Waals surface area contributed by atoms with Crippen molar-refractivity contribution in [1.29, 1.82) is 0 Å². The molecule has 0 spiro atoms. The Morgan fingerprint density at radius 2 is 1.94 bits per heavy atom. The molecule has 0 saturated carbocycles. The lowest BCUT2D eigenvalue weighted by Crippen LogP contribution is -2.55. The number of hydrogen-bond acceptors (Lipinski definition) is 2. The van der Waals surface area contributed by atoms with Gasteiger partial charge in [0.2, 0.25) is 5.91 Å². The molecule has 0 radical (unpaired) electrons. The van der Waals surface area contributed by atoms with Crippen LogP contribution in [0.5, 0.6) is 0 Å². The summed E-state index contributed by atoms with van der Waals surface area (Å²) in [5.74, 6) is -0.196. The van der Waals surface area contributed by atoms with E-state index in [0.717, 1.165) is 18.4 Å². The first-order chi connectivity index (χ1) is 8.63. The van der Waals surface area contributed by atoms with Gasteiger partial charge in [0.1, 0.15) is 0 Å². The van der Waals surface area contributed by atoms with E-state index in [4.69, 9.17) is 0 Å². The molecule has 4 nitrogen and oxygen atoms in total. The van der Waals surface area contributed by atoms with E-state index in [1.54, 1.807) is 12.1 Å². The molecule has 18 heavy (non-hydrogen) atoms. The highest BCUT2D eigenvalue weighted by molar-refractivity contribution is 6.16. The number of nitrogens with one attached hydrogen (secondary N) is 1. The van der Waals surface area contributed by atoms with E-state index in [1.165, 1.54) is 4.90 Å². The Bertz CT molecular complexity index is 453. The minimum atomic E-state index is -0.323. The zero-order valence-electron chi connectivity index (χ0n) is 10.8. The zero-order valence-corrected chi connectivity index (χ0v) is 10.8. The Hall–Kier alpha value is -1.84. The molecular formula is C14H18N2O2. The lowest BCUT2D eigenvalue weighted by Gasteiger charge is -2.31. The first kappa shape index (κ1) is 12.6. The summed E-state index contributed by atoms with van der Waals surface area (Å²) in [5, 5.41) is 2.78. The maximum Gasteiger partial charge on any atom is 0.328 e. The number of rotatable bonds is 3. The number of amides is 3. The molecule has 96 valence electrons. The number of anilines is 1. The third-order valence-electron chi connectivity index (χ3n) is 3.20. The number of carbonyl (C=O) groups excluding carboxylic acids is 2. The largest absolute Gasteiger partial charge is 0.337 e. The molecule has 1 aromatic carbocycles. The monoisotopic (exact) mass is 246 g/mol. The minimum absolute atomic E-state index is 0.0931. The van der Waals surface area contributed by atoms with Gasteiger partial charge in [-0.15, -0.1) is 0 Å². The molecule has 0 bridgehead atoms. The highest BCUT2D eigenvalue weighted by Crippen LogP contribution is 2.22. The Labute approximate surface area is 107 Å². The standard InChI is InChI=1S/C14H18N2O2/c1-3-4-11-9-15-14(18)16(13(11)17)12-7-5-10(2)6-8-12/h5-8,11H,3-4,9H2,1-2H3,(H,15,18). The quantitative estimate of drug-likeness (QED) is 0.890. The fraction of sp³-hybridized carbons (Fsp3) is 0.429. The third kappa shape index (κ3) is 2.37. The number of nitrogens with zero attached hydrogens (tertiary/aromatic N) is 1. The second kappa shape index (κ2) is 5.21. The van der Waals surface area contributed by atoms with Gasteiger partial charge in [-0.05, 0) is 25.5 Å². The molecule has 4 heteroatoms. The van der Waals surface area contributed by atoms with Crippen LogP contribution >= 0.6 is 0 Å². The predicted octanol–water partition coefficient (Wildman–Crippen LogP) is 2.47. The maximum absolute atomic E-state index is 12.3. The first-order valence-electron chi connectivity index (χ1n) is 6.32. The molecule has 1 aliphatic rings. The topological polar surface area (TPSA) is 49.4 Å². The van der Waals surface area contributed by atoms with Crippen LogP contribution in [0.2, 0.25) is 0 Å². The van der Waals surface area contributed by atoms with E-state index < -0.39 is 0 Å². The summed E-state index contributed by atoms with van der Waals surface area (Å²) < 4.78 is 0. The fourth-order valence-corrected chi connectivity index (χ4v) is 2.17. The van der Waals surface area contributed by atoms with Crippen LogP contribution in [0.15, 0.2) is 24.3 Å². The Morgan fingerprint density at radius 1 is 1.28 bits per heavy atom. The molecule has 1 saturated heterocycles. The van der Waals surface area contributed by atoms with Crippen LogP contribution in [0.1, 0.15) is 25.3 Å². The average molecular weight is 246 g/mol. The molecule has 1 aliphatic heterocycles. The molecule has 0 aromatic heterocycles. The highest BCUT2D eigenvalue weighted by atomic mass is 16.2. The number of imide groups is 1. The molecule has 1 unspecified atom stereocenters. The van der Waals surface area contributed by atoms with Crippen molar-refractivity contribution in [3.05, 3.63) is 29.8 Å². The van der Waals surface area contributed by atoms with Gasteiger partial charge in [0, 0.05) is 6.54 Å². The van der Waals surface area contributed by atoms with Gasteiger partial charge in [-0.2, -0.15) is 0 Å². The molecule has 1 heterocycles. The highest BCUT2D eigenvalue weighted by Gasteiger charge is 2.34. The van der Waals surface area contributed by atoms with Gasteiger partial charge < -0.3 is 5.32 Å². The summed E-state index contributed by atoms with van der Waals surface area (Å²) in [4.78, 5) is 25.4. The lowest BCUT2D eigenvalue weighted by atomic mass is 10.00.